The fourth-order valence-corrected chi connectivity index (χ4v) is 2.85. The van der Waals surface area contributed by atoms with Crippen molar-refractivity contribution in [3.05, 3.63) is 95.5 Å². The van der Waals surface area contributed by atoms with Gasteiger partial charge < -0.3 is 4.74 Å². The van der Waals surface area contributed by atoms with Crippen LogP contribution < -0.4 is 10.3 Å². The second kappa shape index (κ2) is 7.25. The second-order valence-corrected chi connectivity index (χ2v) is 6.02. The number of pyridine rings is 1. The van der Waals surface area contributed by atoms with Gasteiger partial charge in [-0.05, 0) is 30.3 Å². The summed E-state index contributed by atoms with van der Waals surface area (Å²) in [5.74, 6) is 1.40. The van der Waals surface area contributed by atoms with Crippen molar-refractivity contribution >= 4 is 0 Å². The molecule has 5 nitrogen and oxygen atoms in total. The van der Waals surface area contributed by atoms with Gasteiger partial charge in [0.05, 0.1) is 0 Å². The van der Waals surface area contributed by atoms with Crippen LogP contribution in [0.15, 0.2) is 90.0 Å². The maximum absolute atomic E-state index is 12.2. The quantitative estimate of drug-likeness (QED) is 0.548. The highest BCUT2D eigenvalue weighted by Gasteiger charge is 2.16. The van der Waals surface area contributed by atoms with Gasteiger partial charge in [-0.25, -0.2) is 4.68 Å². The molecule has 0 fully saturated rings. The molecule has 2 heterocycles. The first-order valence-corrected chi connectivity index (χ1v) is 8.53. The van der Waals surface area contributed by atoms with E-state index in [1.165, 1.54) is 4.68 Å². The molecule has 0 bridgehead atoms. The van der Waals surface area contributed by atoms with Gasteiger partial charge in [-0.2, -0.15) is 5.10 Å². The molecule has 27 heavy (non-hydrogen) atoms. The minimum absolute atomic E-state index is 0.181. The molecule has 0 saturated heterocycles. The van der Waals surface area contributed by atoms with Crippen LogP contribution in [0, 0.1) is 0 Å². The standard InChI is InChI=1S/C22H17N3O2/c1-25-21(26)14-19(16-8-7-13-23-15-16)22(24-25)18-11-5-6-12-20(18)27-17-9-3-2-4-10-17/h2-15H,1H3. The first-order valence-electron chi connectivity index (χ1n) is 8.53. The van der Waals surface area contributed by atoms with Crippen LogP contribution in [0.3, 0.4) is 0 Å². The molecule has 4 rings (SSSR count). The number of para-hydroxylation sites is 2. The molecule has 132 valence electrons. The third kappa shape index (κ3) is 3.48. The SMILES string of the molecule is Cn1nc(-c2ccccc2Oc2ccccc2)c(-c2cccnc2)cc1=O. The van der Waals surface area contributed by atoms with Crippen LogP contribution in [0.4, 0.5) is 0 Å². The summed E-state index contributed by atoms with van der Waals surface area (Å²) in [6.45, 7) is 0. The summed E-state index contributed by atoms with van der Waals surface area (Å²) >= 11 is 0. The van der Waals surface area contributed by atoms with E-state index in [0.717, 1.165) is 22.4 Å². The minimum atomic E-state index is -0.181. The zero-order valence-electron chi connectivity index (χ0n) is 14.7. The van der Waals surface area contributed by atoms with E-state index in [1.54, 1.807) is 25.5 Å². The van der Waals surface area contributed by atoms with Crippen molar-refractivity contribution in [1.82, 2.24) is 14.8 Å². The number of nitrogens with zero attached hydrogens (tertiary/aromatic N) is 3. The summed E-state index contributed by atoms with van der Waals surface area (Å²) in [6.07, 6.45) is 3.42. The fraction of sp³-hybridized carbons (Fsp3) is 0.0455. The summed E-state index contributed by atoms with van der Waals surface area (Å²) in [5.41, 5.74) is 2.83. The Morgan fingerprint density at radius 1 is 0.889 bits per heavy atom. The van der Waals surface area contributed by atoms with Crippen LogP contribution in [-0.4, -0.2) is 14.8 Å². The van der Waals surface area contributed by atoms with Crippen LogP contribution in [0.1, 0.15) is 0 Å². The van der Waals surface area contributed by atoms with Gasteiger partial charge in [-0.3, -0.25) is 9.78 Å². The Morgan fingerprint density at radius 2 is 1.67 bits per heavy atom. The van der Waals surface area contributed by atoms with Gasteiger partial charge >= 0.3 is 0 Å². The monoisotopic (exact) mass is 355 g/mol. The average Bonchev–Trinajstić information content (AvgIpc) is 2.72. The van der Waals surface area contributed by atoms with E-state index < -0.39 is 0 Å². The number of hydrogen-bond donors (Lipinski definition) is 0. The first-order chi connectivity index (χ1) is 13.2. The number of aryl methyl sites for hydroxylation is 1. The largest absolute Gasteiger partial charge is 0.457 e. The highest BCUT2D eigenvalue weighted by molar-refractivity contribution is 5.82. The van der Waals surface area contributed by atoms with E-state index in [4.69, 9.17) is 4.74 Å². The molecule has 4 aromatic rings. The minimum Gasteiger partial charge on any atom is -0.457 e. The van der Waals surface area contributed by atoms with Crippen LogP contribution in [0.5, 0.6) is 11.5 Å². The van der Waals surface area contributed by atoms with Crippen LogP contribution >= 0.6 is 0 Å². The van der Waals surface area contributed by atoms with Crippen molar-refractivity contribution in [3.8, 4) is 33.9 Å². The van der Waals surface area contributed by atoms with Crippen molar-refractivity contribution in [2.75, 3.05) is 0 Å². The third-order valence-corrected chi connectivity index (χ3v) is 4.18. The molecule has 0 unspecified atom stereocenters. The van der Waals surface area contributed by atoms with E-state index in [2.05, 4.69) is 10.1 Å². The fourth-order valence-electron chi connectivity index (χ4n) is 2.85. The summed E-state index contributed by atoms with van der Waals surface area (Å²) in [7, 11) is 1.64. The molecule has 0 aliphatic carbocycles. The average molecular weight is 355 g/mol. The number of benzene rings is 2. The summed E-state index contributed by atoms with van der Waals surface area (Å²) in [5, 5.41) is 4.52. The van der Waals surface area contributed by atoms with Crippen molar-refractivity contribution in [2.45, 2.75) is 0 Å². The Balaban J connectivity index is 1.90. The number of hydrogen-bond acceptors (Lipinski definition) is 4. The Kier molecular flexibility index (Phi) is 4.49. The van der Waals surface area contributed by atoms with Gasteiger partial charge in [0.2, 0.25) is 0 Å². The highest BCUT2D eigenvalue weighted by atomic mass is 16.5. The molecule has 0 aliphatic rings. The van der Waals surface area contributed by atoms with Gasteiger partial charge in [-0.1, -0.05) is 36.4 Å². The summed E-state index contributed by atoms with van der Waals surface area (Å²) < 4.78 is 7.41. The van der Waals surface area contributed by atoms with Crippen molar-refractivity contribution in [1.29, 1.82) is 0 Å². The van der Waals surface area contributed by atoms with Gasteiger partial charge in [0.25, 0.3) is 5.56 Å². The Bertz CT molecular complexity index is 1120. The zero-order valence-corrected chi connectivity index (χ0v) is 14.7. The third-order valence-electron chi connectivity index (χ3n) is 4.18. The molecular weight excluding hydrogens is 338 g/mol. The molecule has 0 radical (unpaired) electrons. The molecule has 5 heteroatoms. The zero-order chi connectivity index (χ0) is 18.6. The molecule has 0 amide bonds. The Morgan fingerprint density at radius 3 is 2.44 bits per heavy atom. The Hall–Kier alpha value is -3.73. The van der Waals surface area contributed by atoms with Gasteiger partial charge in [0.15, 0.2) is 0 Å². The van der Waals surface area contributed by atoms with E-state index in [-0.39, 0.29) is 5.56 Å². The van der Waals surface area contributed by atoms with Gasteiger partial charge in [0, 0.05) is 42.2 Å². The van der Waals surface area contributed by atoms with E-state index >= 15 is 0 Å². The lowest BCUT2D eigenvalue weighted by Crippen LogP contribution is -2.19. The lowest BCUT2D eigenvalue weighted by molar-refractivity contribution is 0.484. The molecule has 0 spiro atoms. The number of ether oxygens (including phenoxy) is 1. The summed E-state index contributed by atoms with van der Waals surface area (Å²) in [6, 6.07) is 22.6. The van der Waals surface area contributed by atoms with Crippen molar-refractivity contribution in [2.24, 2.45) is 7.05 Å². The number of aromatic nitrogens is 3. The van der Waals surface area contributed by atoms with Crippen molar-refractivity contribution in [3.63, 3.8) is 0 Å². The van der Waals surface area contributed by atoms with E-state index in [9.17, 15) is 4.79 Å². The topological polar surface area (TPSA) is 57.0 Å². The molecule has 0 aliphatic heterocycles. The first kappa shape index (κ1) is 16.7. The predicted molar refractivity (Wildman–Crippen MR) is 105 cm³/mol. The molecule has 2 aromatic heterocycles. The van der Waals surface area contributed by atoms with Gasteiger partial charge in [0.1, 0.15) is 17.2 Å². The smallest absolute Gasteiger partial charge is 0.267 e. The molecule has 0 atom stereocenters. The predicted octanol–water partition coefficient (Wildman–Crippen LogP) is 4.30. The lowest BCUT2D eigenvalue weighted by atomic mass is 10.0. The van der Waals surface area contributed by atoms with Gasteiger partial charge in [-0.15, -0.1) is 0 Å². The summed E-state index contributed by atoms with van der Waals surface area (Å²) in [4.78, 5) is 16.4. The number of rotatable bonds is 4. The van der Waals surface area contributed by atoms with Crippen LogP contribution in [0.2, 0.25) is 0 Å². The van der Waals surface area contributed by atoms with E-state index in [0.29, 0.717) is 11.4 Å². The maximum atomic E-state index is 12.2. The van der Waals surface area contributed by atoms with E-state index in [1.807, 2.05) is 66.7 Å². The Labute approximate surface area is 156 Å². The molecule has 0 N–H and O–H groups in total. The van der Waals surface area contributed by atoms with Crippen molar-refractivity contribution < 1.29 is 4.74 Å². The maximum Gasteiger partial charge on any atom is 0.267 e. The molecule has 0 saturated carbocycles. The molecule has 2 aromatic carbocycles. The van der Waals surface area contributed by atoms with Crippen LogP contribution in [-0.2, 0) is 7.05 Å². The molecular formula is C22H17N3O2. The second-order valence-electron chi connectivity index (χ2n) is 6.02. The lowest BCUT2D eigenvalue weighted by Gasteiger charge is -2.14. The van der Waals surface area contributed by atoms with Crippen LogP contribution in [0.25, 0.3) is 22.4 Å². The normalized spacial score (nSPS) is 10.6. The highest BCUT2D eigenvalue weighted by Crippen LogP contribution is 2.36.